The number of carbonyl (C=O) groups excluding carboxylic acids is 1. The van der Waals surface area contributed by atoms with E-state index in [1.165, 1.54) is 13.3 Å². The molecule has 0 aliphatic rings. The summed E-state index contributed by atoms with van der Waals surface area (Å²) < 4.78 is 12.1. The maximum Gasteiger partial charge on any atom is 0.275 e. The van der Waals surface area contributed by atoms with Crippen LogP contribution >= 0.6 is 27.5 Å². The van der Waals surface area contributed by atoms with Crippen molar-refractivity contribution in [1.29, 1.82) is 0 Å². The fraction of sp³-hybridized carbons (Fsp3) is 0.0769. The second-order valence-corrected chi connectivity index (χ2v) is 8.59. The number of fused-ring (bicyclic) bond motifs is 1. The number of amides is 1. The third-order valence-electron chi connectivity index (χ3n) is 5.07. The number of hydrogen-bond donors (Lipinski definition) is 2. The maximum atomic E-state index is 12.5. The predicted octanol–water partition coefficient (Wildman–Crippen LogP) is 6.31. The van der Waals surface area contributed by atoms with Gasteiger partial charge in [0.2, 0.25) is 0 Å². The number of hydrazone groups is 1. The fourth-order valence-electron chi connectivity index (χ4n) is 3.36. The summed E-state index contributed by atoms with van der Waals surface area (Å²) in [6.07, 6.45) is 1.47. The van der Waals surface area contributed by atoms with Crippen molar-refractivity contribution in [2.75, 3.05) is 7.11 Å². The fourth-order valence-corrected chi connectivity index (χ4v) is 4.12. The molecule has 0 fully saturated rings. The molecule has 34 heavy (non-hydrogen) atoms. The van der Waals surface area contributed by atoms with E-state index in [9.17, 15) is 9.90 Å². The first-order chi connectivity index (χ1) is 16.5. The number of ether oxygens (including phenoxy) is 2. The van der Waals surface area contributed by atoms with Gasteiger partial charge < -0.3 is 14.6 Å². The molecule has 0 bridgehead atoms. The Bertz CT molecular complexity index is 1390. The molecular weight excluding hydrogens is 520 g/mol. The molecule has 2 N–H and O–H groups in total. The zero-order chi connectivity index (χ0) is 24.1. The molecule has 0 radical (unpaired) electrons. The first-order valence-corrected chi connectivity index (χ1v) is 11.4. The summed E-state index contributed by atoms with van der Waals surface area (Å²) in [6.45, 7) is 0.271. The van der Waals surface area contributed by atoms with Crippen LogP contribution in [0.1, 0.15) is 21.5 Å². The highest BCUT2D eigenvalue weighted by atomic mass is 79.9. The first-order valence-electron chi connectivity index (χ1n) is 10.2. The summed E-state index contributed by atoms with van der Waals surface area (Å²) in [7, 11) is 1.54. The minimum atomic E-state index is -0.523. The largest absolute Gasteiger partial charge is 0.507 e. The summed E-state index contributed by atoms with van der Waals surface area (Å²) >= 11 is 9.70. The van der Waals surface area contributed by atoms with Gasteiger partial charge >= 0.3 is 0 Å². The van der Waals surface area contributed by atoms with Crippen molar-refractivity contribution in [3.05, 3.63) is 99.0 Å². The lowest BCUT2D eigenvalue weighted by Gasteiger charge is -2.14. The van der Waals surface area contributed by atoms with E-state index < -0.39 is 5.91 Å². The maximum absolute atomic E-state index is 12.5. The Morgan fingerprint density at radius 2 is 1.79 bits per heavy atom. The zero-order valence-electron chi connectivity index (χ0n) is 18.1. The van der Waals surface area contributed by atoms with Gasteiger partial charge in [0.05, 0.1) is 23.4 Å². The van der Waals surface area contributed by atoms with Crippen LogP contribution in [0.2, 0.25) is 5.02 Å². The van der Waals surface area contributed by atoms with Gasteiger partial charge in [-0.15, -0.1) is 0 Å². The minimum absolute atomic E-state index is 0.115. The summed E-state index contributed by atoms with van der Waals surface area (Å²) in [4.78, 5) is 12.5. The Labute approximate surface area is 209 Å². The monoisotopic (exact) mass is 538 g/mol. The van der Waals surface area contributed by atoms with Crippen LogP contribution in [-0.4, -0.2) is 24.3 Å². The van der Waals surface area contributed by atoms with Crippen LogP contribution < -0.4 is 14.9 Å². The molecule has 8 heteroatoms. The van der Waals surface area contributed by atoms with Crippen LogP contribution in [0.15, 0.2) is 82.4 Å². The Kier molecular flexibility index (Phi) is 7.35. The quantitative estimate of drug-likeness (QED) is 0.213. The third kappa shape index (κ3) is 5.32. The number of carbonyl (C=O) groups is 1. The molecule has 0 atom stereocenters. The van der Waals surface area contributed by atoms with Gasteiger partial charge in [-0.2, -0.15) is 5.10 Å². The number of halogens is 2. The molecule has 4 aromatic carbocycles. The first kappa shape index (κ1) is 23.6. The van der Waals surface area contributed by atoms with Crippen molar-refractivity contribution >= 4 is 50.4 Å². The molecule has 0 unspecified atom stereocenters. The van der Waals surface area contributed by atoms with Crippen LogP contribution in [0.5, 0.6) is 17.2 Å². The normalized spacial score (nSPS) is 11.0. The standard InChI is InChI=1S/C26H20BrClN2O4/c1-33-24-11-16(10-21(27)25(24)34-15-19-8-4-5-9-22(19)28)14-29-30-26(32)20-12-17-6-2-3-7-18(17)13-23(20)31/h2-14,31H,15H2,1H3,(H,30,32). The van der Waals surface area contributed by atoms with E-state index in [1.807, 2.05) is 42.5 Å². The van der Waals surface area contributed by atoms with E-state index in [2.05, 4.69) is 26.5 Å². The molecular formula is C26H20BrClN2O4. The lowest BCUT2D eigenvalue weighted by molar-refractivity contribution is 0.0952. The molecule has 0 aromatic heterocycles. The lowest BCUT2D eigenvalue weighted by Crippen LogP contribution is -2.17. The molecule has 0 aliphatic heterocycles. The Morgan fingerprint density at radius 3 is 2.53 bits per heavy atom. The van der Waals surface area contributed by atoms with Gasteiger partial charge in [-0.05, 0) is 62.6 Å². The van der Waals surface area contributed by atoms with Gasteiger partial charge in [-0.3, -0.25) is 4.79 Å². The summed E-state index contributed by atoms with van der Waals surface area (Å²) in [5.41, 5.74) is 4.10. The average molecular weight is 540 g/mol. The lowest BCUT2D eigenvalue weighted by atomic mass is 10.1. The summed E-state index contributed by atoms with van der Waals surface area (Å²) in [5.74, 6) is 0.368. The smallest absolute Gasteiger partial charge is 0.275 e. The predicted molar refractivity (Wildman–Crippen MR) is 137 cm³/mol. The topological polar surface area (TPSA) is 80.2 Å². The number of methoxy groups -OCH3 is 1. The van der Waals surface area contributed by atoms with Crippen LogP contribution in [0, 0.1) is 0 Å². The molecule has 0 saturated carbocycles. The Morgan fingerprint density at radius 1 is 1.09 bits per heavy atom. The van der Waals surface area contributed by atoms with Gasteiger partial charge in [0, 0.05) is 10.6 Å². The SMILES string of the molecule is COc1cc(C=NNC(=O)c2cc3ccccc3cc2O)cc(Br)c1OCc1ccccc1Cl. The number of phenolic OH excluding ortho intramolecular Hbond substituents is 1. The molecule has 0 saturated heterocycles. The highest BCUT2D eigenvalue weighted by Gasteiger charge is 2.14. The minimum Gasteiger partial charge on any atom is -0.507 e. The van der Waals surface area contributed by atoms with Crippen LogP contribution in [-0.2, 0) is 6.61 Å². The molecule has 6 nitrogen and oxygen atoms in total. The summed E-state index contributed by atoms with van der Waals surface area (Å²) in [5, 5.41) is 16.5. The number of benzene rings is 4. The molecule has 4 rings (SSSR count). The van der Waals surface area contributed by atoms with Crippen molar-refractivity contribution in [2.45, 2.75) is 6.61 Å². The van der Waals surface area contributed by atoms with E-state index >= 15 is 0 Å². The van der Waals surface area contributed by atoms with E-state index in [4.69, 9.17) is 21.1 Å². The van der Waals surface area contributed by atoms with Crippen molar-refractivity contribution in [3.8, 4) is 17.2 Å². The van der Waals surface area contributed by atoms with Crippen LogP contribution in [0.25, 0.3) is 10.8 Å². The van der Waals surface area contributed by atoms with E-state index in [-0.39, 0.29) is 17.9 Å². The van der Waals surface area contributed by atoms with E-state index in [0.717, 1.165) is 16.3 Å². The third-order valence-corrected chi connectivity index (χ3v) is 6.03. The number of rotatable bonds is 7. The van der Waals surface area contributed by atoms with E-state index in [1.54, 1.807) is 30.3 Å². The van der Waals surface area contributed by atoms with Crippen molar-refractivity contribution in [2.24, 2.45) is 5.10 Å². The Balaban J connectivity index is 1.48. The van der Waals surface area contributed by atoms with Gasteiger partial charge in [-0.25, -0.2) is 5.43 Å². The highest BCUT2D eigenvalue weighted by Crippen LogP contribution is 2.37. The summed E-state index contributed by atoms with van der Waals surface area (Å²) in [6, 6.07) is 21.6. The van der Waals surface area contributed by atoms with Gasteiger partial charge in [-0.1, -0.05) is 54.1 Å². The Hall–Kier alpha value is -3.55. The molecule has 172 valence electrons. The molecule has 4 aromatic rings. The van der Waals surface area contributed by atoms with Crippen LogP contribution in [0.3, 0.4) is 0 Å². The van der Waals surface area contributed by atoms with Crippen LogP contribution in [0.4, 0.5) is 0 Å². The van der Waals surface area contributed by atoms with Gasteiger partial charge in [0.15, 0.2) is 11.5 Å². The van der Waals surface area contributed by atoms with E-state index in [0.29, 0.717) is 26.6 Å². The number of nitrogens with one attached hydrogen (secondary N) is 1. The van der Waals surface area contributed by atoms with Crippen molar-refractivity contribution in [3.63, 3.8) is 0 Å². The van der Waals surface area contributed by atoms with Gasteiger partial charge in [0.25, 0.3) is 5.91 Å². The zero-order valence-corrected chi connectivity index (χ0v) is 20.4. The number of aromatic hydroxyl groups is 1. The number of phenols is 1. The van der Waals surface area contributed by atoms with Crippen molar-refractivity contribution < 1.29 is 19.4 Å². The highest BCUT2D eigenvalue weighted by molar-refractivity contribution is 9.10. The molecule has 0 aliphatic carbocycles. The molecule has 1 amide bonds. The second-order valence-electron chi connectivity index (χ2n) is 7.33. The molecule has 0 spiro atoms. The van der Waals surface area contributed by atoms with Crippen molar-refractivity contribution in [1.82, 2.24) is 5.43 Å². The van der Waals surface area contributed by atoms with Gasteiger partial charge in [0.1, 0.15) is 12.4 Å². The second kappa shape index (κ2) is 10.6. The molecule has 0 heterocycles. The number of nitrogens with zero attached hydrogens (tertiary/aromatic N) is 1. The number of hydrogen-bond acceptors (Lipinski definition) is 5. The average Bonchev–Trinajstić information content (AvgIpc) is 2.83.